The van der Waals surface area contributed by atoms with Gasteiger partial charge in [-0.25, -0.2) is 4.79 Å². The number of hydrogen-bond donors (Lipinski definition) is 0. The molecule has 0 spiro atoms. The predicted molar refractivity (Wildman–Crippen MR) is 95.0 cm³/mol. The Kier molecular flexibility index (Phi) is 5.39. The zero-order chi connectivity index (χ0) is 19.6. The van der Waals surface area contributed by atoms with Gasteiger partial charge in [0.05, 0.1) is 5.56 Å². The Bertz CT molecular complexity index is 838. The van der Waals surface area contributed by atoms with Gasteiger partial charge in [0.1, 0.15) is 5.75 Å². The molecule has 0 saturated carbocycles. The van der Waals surface area contributed by atoms with Crippen LogP contribution >= 0.6 is 0 Å². The highest BCUT2D eigenvalue weighted by molar-refractivity contribution is 6.00. The zero-order valence-electron chi connectivity index (χ0n) is 14.9. The van der Waals surface area contributed by atoms with Crippen LogP contribution in [0.15, 0.2) is 48.5 Å². The molecule has 142 valence electrons. The van der Waals surface area contributed by atoms with E-state index >= 15 is 0 Å². The van der Waals surface area contributed by atoms with Gasteiger partial charge >= 0.3 is 12.6 Å². The third-order valence-corrected chi connectivity index (χ3v) is 4.39. The van der Waals surface area contributed by atoms with Crippen LogP contribution in [0.2, 0.25) is 0 Å². The molecule has 0 radical (unpaired) electrons. The zero-order valence-corrected chi connectivity index (χ0v) is 14.9. The number of carbonyl (C=O) groups is 2. The van der Waals surface area contributed by atoms with Crippen LogP contribution in [0, 0.1) is 0 Å². The number of fused-ring (bicyclic) bond motifs is 1. The lowest BCUT2D eigenvalue weighted by molar-refractivity contribution is -0.126. The molecule has 1 amide bonds. The summed E-state index contributed by atoms with van der Waals surface area (Å²) in [5, 5.41) is 0. The molecule has 1 heterocycles. The lowest BCUT2D eigenvalue weighted by Crippen LogP contribution is -2.43. The van der Waals surface area contributed by atoms with Crippen LogP contribution in [0.1, 0.15) is 29.8 Å². The molecule has 0 aromatic heterocycles. The van der Waals surface area contributed by atoms with Crippen LogP contribution in [0.3, 0.4) is 0 Å². The molecule has 0 bridgehead atoms. The van der Waals surface area contributed by atoms with E-state index in [9.17, 15) is 18.4 Å². The maximum atomic E-state index is 12.8. The number of hydrogen-bond acceptors (Lipinski definition) is 4. The van der Waals surface area contributed by atoms with Gasteiger partial charge in [-0.2, -0.15) is 8.78 Å². The molecule has 0 N–H and O–H groups in total. The van der Waals surface area contributed by atoms with Crippen molar-refractivity contribution in [3.05, 3.63) is 59.7 Å². The van der Waals surface area contributed by atoms with Gasteiger partial charge in [-0.3, -0.25) is 4.79 Å². The molecule has 7 heteroatoms. The van der Waals surface area contributed by atoms with Gasteiger partial charge in [-0.1, -0.05) is 18.2 Å². The van der Waals surface area contributed by atoms with Crippen LogP contribution in [0.25, 0.3) is 0 Å². The average Bonchev–Trinajstić information content (AvgIpc) is 2.96. The summed E-state index contributed by atoms with van der Waals surface area (Å²) in [5.41, 5.74) is 2.05. The van der Waals surface area contributed by atoms with E-state index in [1.165, 1.54) is 31.2 Å². The van der Waals surface area contributed by atoms with Crippen molar-refractivity contribution < 1.29 is 27.8 Å². The molecule has 2 aromatic carbocycles. The third-order valence-electron chi connectivity index (χ3n) is 4.39. The summed E-state index contributed by atoms with van der Waals surface area (Å²) in [7, 11) is 0. The van der Waals surface area contributed by atoms with E-state index in [4.69, 9.17) is 4.74 Å². The van der Waals surface area contributed by atoms with Crippen LogP contribution in [0.4, 0.5) is 14.5 Å². The van der Waals surface area contributed by atoms with Crippen LogP contribution < -0.4 is 9.64 Å². The Morgan fingerprint density at radius 3 is 2.44 bits per heavy atom. The highest BCUT2D eigenvalue weighted by Gasteiger charge is 2.34. The van der Waals surface area contributed by atoms with E-state index in [0.717, 1.165) is 17.7 Å². The van der Waals surface area contributed by atoms with Crippen molar-refractivity contribution in [1.82, 2.24) is 0 Å². The summed E-state index contributed by atoms with van der Waals surface area (Å²) in [4.78, 5) is 26.7. The number of amides is 1. The van der Waals surface area contributed by atoms with Crippen LogP contribution in [-0.4, -0.2) is 30.6 Å². The molecule has 0 aliphatic carbocycles. The first-order chi connectivity index (χ1) is 12.9. The number of ether oxygens (including phenoxy) is 2. The Hall–Kier alpha value is -2.96. The number of halogens is 2. The normalized spacial score (nSPS) is 16.8. The van der Waals surface area contributed by atoms with E-state index in [2.05, 4.69) is 4.74 Å². The summed E-state index contributed by atoms with van der Waals surface area (Å²) in [6.45, 7) is 0.516. The van der Waals surface area contributed by atoms with Gasteiger partial charge in [0.15, 0.2) is 6.10 Å². The number of anilines is 1. The molecule has 1 aliphatic heterocycles. The van der Waals surface area contributed by atoms with Crippen molar-refractivity contribution in [3.8, 4) is 5.75 Å². The van der Waals surface area contributed by atoms with E-state index in [-0.39, 0.29) is 23.3 Å². The second-order valence-corrected chi connectivity index (χ2v) is 6.34. The summed E-state index contributed by atoms with van der Waals surface area (Å²) in [6.07, 6.45) is -0.239. The van der Waals surface area contributed by atoms with E-state index in [1.807, 2.05) is 31.2 Å². The number of para-hydroxylation sites is 1. The van der Waals surface area contributed by atoms with Crippen molar-refractivity contribution in [2.45, 2.75) is 39.0 Å². The second kappa shape index (κ2) is 7.73. The number of benzene rings is 2. The minimum atomic E-state index is -2.94. The van der Waals surface area contributed by atoms with Gasteiger partial charge in [0.2, 0.25) is 0 Å². The number of nitrogens with zero attached hydrogens (tertiary/aromatic N) is 1. The van der Waals surface area contributed by atoms with Crippen molar-refractivity contribution in [1.29, 1.82) is 0 Å². The van der Waals surface area contributed by atoms with Crippen LogP contribution in [0.5, 0.6) is 5.75 Å². The Morgan fingerprint density at radius 2 is 1.78 bits per heavy atom. The highest BCUT2D eigenvalue weighted by atomic mass is 19.3. The molecule has 0 unspecified atom stereocenters. The van der Waals surface area contributed by atoms with Gasteiger partial charge in [-0.15, -0.1) is 0 Å². The molecule has 3 rings (SSSR count). The molecule has 2 aromatic rings. The number of alkyl halides is 2. The van der Waals surface area contributed by atoms with Crippen LogP contribution in [-0.2, 0) is 16.0 Å². The molecule has 5 nitrogen and oxygen atoms in total. The predicted octanol–water partition coefficient (Wildman–Crippen LogP) is 3.81. The van der Waals surface area contributed by atoms with Gasteiger partial charge < -0.3 is 14.4 Å². The first-order valence-electron chi connectivity index (χ1n) is 8.53. The quantitative estimate of drug-likeness (QED) is 0.746. The molecule has 0 saturated heterocycles. The van der Waals surface area contributed by atoms with Gasteiger partial charge in [-0.05, 0) is 56.2 Å². The monoisotopic (exact) mass is 375 g/mol. The molecule has 0 fully saturated rings. The maximum Gasteiger partial charge on any atom is 0.387 e. The summed E-state index contributed by atoms with van der Waals surface area (Å²) in [5.74, 6) is -1.08. The summed E-state index contributed by atoms with van der Waals surface area (Å²) < 4.78 is 33.8. The Morgan fingerprint density at radius 1 is 1.11 bits per heavy atom. The Labute approximate surface area is 155 Å². The van der Waals surface area contributed by atoms with Crippen molar-refractivity contribution in [3.63, 3.8) is 0 Å². The number of rotatable bonds is 5. The first kappa shape index (κ1) is 18.8. The topological polar surface area (TPSA) is 55.8 Å². The lowest BCUT2D eigenvalue weighted by Gasteiger charge is -2.25. The molecular weight excluding hydrogens is 356 g/mol. The SMILES string of the molecule is C[C@H](OC(=O)c1ccc(OC(F)F)cc1)C(=O)N1c2ccccc2C[C@H]1C. The van der Waals surface area contributed by atoms with E-state index < -0.39 is 18.7 Å². The third kappa shape index (κ3) is 4.07. The van der Waals surface area contributed by atoms with Crippen molar-refractivity contribution >= 4 is 17.6 Å². The summed E-state index contributed by atoms with van der Waals surface area (Å²) in [6, 6.07) is 12.7. The Balaban J connectivity index is 1.67. The smallest absolute Gasteiger partial charge is 0.387 e. The fourth-order valence-electron chi connectivity index (χ4n) is 3.15. The van der Waals surface area contributed by atoms with E-state index in [1.54, 1.807) is 4.90 Å². The average molecular weight is 375 g/mol. The number of carbonyl (C=O) groups excluding carboxylic acids is 2. The van der Waals surface area contributed by atoms with E-state index in [0.29, 0.717) is 0 Å². The second-order valence-electron chi connectivity index (χ2n) is 6.34. The lowest BCUT2D eigenvalue weighted by atomic mass is 10.1. The summed E-state index contributed by atoms with van der Waals surface area (Å²) >= 11 is 0. The molecule has 2 atom stereocenters. The fourth-order valence-corrected chi connectivity index (χ4v) is 3.15. The minimum Gasteiger partial charge on any atom is -0.449 e. The highest BCUT2D eigenvalue weighted by Crippen LogP contribution is 2.32. The van der Waals surface area contributed by atoms with Gasteiger partial charge in [0.25, 0.3) is 5.91 Å². The molecule has 1 aliphatic rings. The van der Waals surface area contributed by atoms with Gasteiger partial charge in [0, 0.05) is 11.7 Å². The minimum absolute atomic E-state index is 0.0261. The maximum absolute atomic E-state index is 12.8. The number of esters is 1. The fraction of sp³-hybridized carbons (Fsp3) is 0.300. The van der Waals surface area contributed by atoms with Crippen molar-refractivity contribution in [2.24, 2.45) is 0 Å². The first-order valence-corrected chi connectivity index (χ1v) is 8.53. The molecular formula is C20H19F2NO4. The standard InChI is InChI=1S/C20H19F2NO4/c1-12-11-15-5-3-4-6-17(15)23(12)18(24)13(2)26-19(25)14-7-9-16(10-8-14)27-20(21)22/h3-10,12-13,20H,11H2,1-2H3/t12-,13+/m1/s1. The van der Waals surface area contributed by atoms with Crippen molar-refractivity contribution in [2.75, 3.05) is 4.90 Å². The molecule has 27 heavy (non-hydrogen) atoms. The largest absolute Gasteiger partial charge is 0.449 e.